The molecule has 0 radical (unpaired) electrons. The molecule has 0 heterocycles. The van der Waals surface area contributed by atoms with Gasteiger partial charge in [-0.2, -0.15) is 0 Å². The van der Waals surface area contributed by atoms with Crippen LogP contribution in [0.3, 0.4) is 0 Å². The van der Waals surface area contributed by atoms with Crippen molar-refractivity contribution in [2.75, 3.05) is 0 Å². The average molecular weight is 286 g/mol. The van der Waals surface area contributed by atoms with Gasteiger partial charge in [0.2, 0.25) is 0 Å². The molecule has 0 rings (SSSR count). The predicted octanol–water partition coefficient (Wildman–Crippen LogP) is -1.56. The van der Waals surface area contributed by atoms with E-state index in [9.17, 15) is 29.7 Å². The quantitative estimate of drug-likeness (QED) is 0.578. The van der Waals surface area contributed by atoms with Crippen molar-refractivity contribution >= 4 is 17.9 Å². The molecule has 7 heteroatoms. The van der Waals surface area contributed by atoms with Gasteiger partial charge in [-0.1, -0.05) is 19.7 Å². The van der Waals surface area contributed by atoms with Gasteiger partial charge in [0.15, 0.2) is 0 Å². The molecule has 0 aliphatic rings. The fourth-order valence-corrected chi connectivity index (χ4v) is 0. The summed E-state index contributed by atoms with van der Waals surface area (Å²) in [7, 11) is 4.25. The molecule has 0 amide bonds. The van der Waals surface area contributed by atoms with E-state index in [2.05, 4.69) is 26.9 Å². The Morgan fingerprint density at radius 1 is 0.700 bits per heavy atom. The Morgan fingerprint density at radius 2 is 0.750 bits per heavy atom. The molecule has 0 N–H and O–H groups in total. The predicted molar refractivity (Wildman–Crippen MR) is 63.8 cm³/mol. The van der Waals surface area contributed by atoms with Gasteiger partial charge in [-0.05, 0) is 37.5 Å². The molecular formula is C13H15FO6. The molecule has 0 unspecified atom stereocenters. The summed E-state index contributed by atoms with van der Waals surface area (Å²) in [6, 6.07) is 0. The minimum absolute atomic E-state index is 0.0648. The van der Waals surface area contributed by atoms with Crippen LogP contribution in [0.15, 0.2) is 36.5 Å². The van der Waals surface area contributed by atoms with Crippen LogP contribution in [0.2, 0.25) is 0 Å². The van der Waals surface area contributed by atoms with Gasteiger partial charge in [0.05, 0.1) is 17.9 Å². The minimum atomic E-state index is -1.19. The van der Waals surface area contributed by atoms with Crippen LogP contribution >= 0.6 is 0 Å². The van der Waals surface area contributed by atoms with Crippen molar-refractivity contribution in [2.24, 2.45) is 0 Å². The van der Waals surface area contributed by atoms with E-state index in [0.29, 0.717) is 0 Å². The topological polar surface area (TPSA) is 120 Å². The molecule has 0 spiro atoms. The molecular weight excluding hydrogens is 271 g/mol. The number of carbonyl (C=O) groups excluding carboxylic acids is 3. The molecule has 0 aromatic rings. The first kappa shape index (κ1) is 26.2. The van der Waals surface area contributed by atoms with Crippen LogP contribution in [0.5, 0.6) is 0 Å². The molecule has 0 saturated heterocycles. The van der Waals surface area contributed by atoms with Crippen molar-refractivity contribution in [3.63, 3.8) is 0 Å². The van der Waals surface area contributed by atoms with Crippen molar-refractivity contribution in [1.82, 2.24) is 0 Å². The summed E-state index contributed by atoms with van der Waals surface area (Å²) >= 11 is 0. The summed E-state index contributed by atoms with van der Waals surface area (Å²) in [6.07, 6.45) is 0. The molecule has 0 aromatic carbocycles. The molecule has 0 bridgehead atoms. The van der Waals surface area contributed by atoms with Gasteiger partial charge in [0.25, 0.3) is 0 Å². The summed E-state index contributed by atoms with van der Waals surface area (Å²) in [5.41, 5.74) is 0.194. The first-order valence-electron chi connectivity index (χ1n) is 4.72. The van der Waals surface area contributed by atoms with E-state index < -0.39 is 17.9 Å². The molecule has 0 aromatic heterocycles. The molecule has 110 valence electrons. The molecule has 0 atom stereocenters. The molecule has 0 aliphatic heterocycles. The van der Waals surface area contributed by atoms with Crippen LogP contribution in [0.25, 0.3) is 0 Å². The molecule has 0 saturated carbocycles. The van der Waals surface area contributed by atoms with Gasteiger partial charge in [-0.15, -0.1) is 0 Å². The summed E-state index contributed by atoms with van der Waals surface area (Å²) < 4.78 is 8.75. The summed E-state index contributed by atoms with van der Waals surface area (Å²) in [5, 5.41) is 28.5. The van der Waals surface area contributed by atoms with Gasteiger partial charge < -0.3 is 29.7 Å². The normalized spacial score (nSPS) is 7.10. The van der Waals surface area contributed by atoms with Crippen molar-refractivity contribution in [3.8, 4) is 0 Å². The van der Waals surface area contributed by atoms with Crippen molar-refractivity contribution in [3.05, 3.63) is 43.6 Å². The first-order valence-corrected chi connectivity index (χ1v) is 4.72. The molecule has 0 aliphatic carbocycles. The molecule has 6 nitrogen and oxygen atoms in total. The zero-order chi connectivity index (χ0) is 17.5. The standard InChI is InChI=1S/3C4H6O2.CF/c3*1-3(2)4(5)6;1-2/h3*1H2,2H3,(H,5,6);/q;;;+3/p-3. The van der Waals surface area contributed by atoms with Crippen molar-refractivity contribution < 1.29 is 34.1 Å². The number of carbonyl (C=O) groups is 3. The first-order chi connectivity index (χ1) is 8.93. The number of hydrogen-bond acceptors (Lipinski definition) is 6. The third-order valence-electron chi connectivity index (χ3n) is 1.05. The summed E-state index contributed by atoms with van der Waals surface area (Å²) in [4.78, 5) is 28.5. The second-order valence-corrected chi connectivity index (χ2v) is 3.20. The van der Waals surface area contributed by atoms with Crippen LogP contribution < -0.4 is 15.3 Å². The Kier molecular flexibility index (Phi) is 21.7. The molecule has 0 fully saturated rings. The maximum atomic E-state index is 9.49. The number of carboxylic acid groups (broad SMARTS) is 3. The number of rotatable bonds is 3. The number of halogens is 1. The van der Waals surface area contributed by atoms with Gasteiger partial charge >= 0.3 is 11.6 Å². The van der Waals surface area contributed by atoms with Crippen molar-refractivity contribution in [2.45, 2.75) is 20.8 Å². The monoisotopic (exact) mass is 286 g/mol. The van der Waals surface area contributed by atoms with Crippen LogP contribution in [-0.4, -0.2) is 17.9 Å². The van der Waals surface area contributed by atoms with E-state index in [0.717, 1.165) is 0 Å². The van der Waals surface area contributed by atoms with Crippen molar-refractivity contribution in [1.29, 1.82) is 0 Å². The Balaban J connectivity index is -0.0000000902. The SMILES string of the molecule is C=C(C)C(=O)[O-].C=C(C)C(=O)[O-].C=C(C)C(=O)[O-].[C+3]F. The Bertz CT molecular complexity index is 278. The fourth-order valence-electron chi connectivity index (χ4n) is 0. The summed E-state index contributed by atoms with van der Waals surface area (Å²) in [5.74, 6) is -3.56. The second-order valence-electron chi connectivity index (χ2n) is 3.20. The van der Waals surface area contributed by atoms with E-state index in [4.69, 9.17) is 4.39 Å². The average Bonchev–Trinajstić information content (AvgIpc) is 2.32. The van der Waals surface area contributed by atoms with E-state index in [1.165, 1.54) is 20.8 Å². The van der Waals surface area contributed by atoms with Gasteiger partial charge in [0, 0.05) is 0 Å². The zero-order valence-corrected chi connectivity index (χ0v) is 11.4. The number of aliphatic carboxylic acids is 3. The fraction of sp³-hybridized carbons (Fsp3) is 0.231. The van der Waals surface area contributed by atoms with Gasteiger partial charge in [0.1, 0.15) is 0 Å². The molecule has 20 heavy (non-hydrogen) atoms. The van der Waals surface area contributed by atoms with E-state index >= 15 is 0 Å². The van der Waals surface area contributed by atoms with E-state index in [-0.39, 0.29) is 16.7 Å². The maximum absolute atomic E-state index is 9.49. The second kappa shape index (κ2) is 16.6. The third-order valence-corrected chi connectivity index (χ3v) is 1.05. The zero-order valence-electron chi connectivity index (χ0n) is 11.4. The number of hydrogen-bond donors (Lipinski definition) is 0. The Hall–Kier alpha value is -2.44. The third kappa shape index (κ3) is 36.1. The van der Waals surface area contributed by atoms with Crippen LogP contribution in [0.4, 0.5) is 4.39 Å². The van der Waals surface area contributed by atoms with E-state index in [1.807, 2.05) is 0 Å². The van der Waals surface area contributed by atoms with E-state index in [1.54, 1.807) is 0 Å². The Morgan fingerprint density at radius 3 is 0.750 bits per heavy atom. The van der Waals surface area contributed by atoms with Gasteiger partial charge in [-0.3, -0.25) is 0 Å². The van der Waals surface area contributed by atoms with Crippen LogP contribution in [-0.2, 0) is 14.4 Å². The summed E-state index contributed by atoms with van der Waals surface area (Å²) in [6.45, 7) is 13.4. The number of carboxylic acids is 3. The van der Waals surface area contributed by atoms with Gasteiger partial charge in [-0.25, -0.2) is 0 Å². The Labute approximate surface area is 117 Å². The van der Waals surface area contributed by atoms with Crippen LogP contribution in [0, 0.1) is 7.18 Å². The van der Waals surface area contributed by atoms with Crippen LogP contribution in [0.1, 0.15) is 20.8 Å².